The van der Waals surface area contributed by atoms with Crippen molar-refractivity contribution < 1.29 is 19.7 Å². The fraction of sp³-hybridized carbons (Fsp3) is 0.500. The third-order valence-electron chi connectivity index (χ3n) is 3.25. The van der Waals surface area contributed by atoms with Crippen molar-refractivity contribution in [2.45, 2.75) is 32.2 Å². The van der Waals surface area contributed by atoms with Crippen molar-refractivity contribution >= 4 is 5.91 Å². The van der Waals surface area contributed by atoms with Crippen molar-refractivity contribution in [2.75, 3.05) is 13.1 Å². The molecule has 1 unspecified atom stereocenters. The van der Waals surface area contributed by atoms with Crippen LogP contribution in [0.3, 0.4) is 0 Å². The topological polar surface area (TPSA) is 70.0 Å². The molecule has 1 fully saturated rings. The van der Waals surface area contributed by atoms with E-state index in [9.17, 15) is 15.0 Å². The summed E-state index contributed by atoms with van der Waals surface area (Å²) >= 11 is 0. The summed E-state index contributed by atoms with van der Waals surface area (Å²) in [5.41, 5.74) is 1.12. The van der Waals surface area contributed by atoms with Crippen molar-refractivity contribution in [2.24, 2.45) is 0 Å². The Balaban J connectivity index is 1.94. The second kappa shape index (κ2) is 5.59. The summed E-state index contributed by atoms with van der Waals surface area (Å²) in [4.78, 5) is 13.5. The first kappa shape index (κ1) is 13.8. The van der Waals surface area contributed by atoms with Gasteiger partial charge in [0.2, 0.25) is 0 Å². The maximum absolute atomic E-state index is 12.1. The summed E-state index contributed by atoms with van der Waals surface area (Å²) in [6.45, 7) is 3.95. The van der Waals surface area contributed by atoms with E-state index in [1.807, 2.05) is 31.2 Å². The molecule has 1 aromatic carbocycles. The molecule has 2 N–H and O–H groups in total. The third-order valence-corrected chi connectivity index (χ3v) is 3.25. The van der Waals surface area contributed by atoms with E-state index in [2.05, 4.69) is 0 Å². The minimum absolute atomic E-state index is 0.154. The zero-order valence-electron chi connectivity index (χ0n) is 11.1. The van der Waals surface area contributed by atoms with Crippen molar-refractivity contribution in [3.05, 3.63) is 29.8 Å². The maximum Gasteiger partial charge on any atom is 0.263 e. The lowest BCUT2D eigenvalue weighted by Gasteiger charge is -2.21. The van der Waals surface area contributed by atoms with Crippen molar-refractivity contribution in [1.29, 1.82) is 0 Å². The highest BCUT2D eigenvalue weighted by Crippen LogP contribution is 2.16. The number of aliphatic hydroxyl groups excluding tert-OH is 2. The molecule has 1 aromatic rings. The quantitative estimate of drug-likeness (QED) is 0.826. The highest BCUT2D eigenvalue weighted by Gasteiger charge is 2.34. The lowest BCUT2D eigenvalue weighted by atomic mass is 10.2. The van der Waals surface area contributed by atoms with E-state index in [0.29, 0.717) is 5.75 Å². The smallest absolute Gasteiger partial charge is 0.263 e. The predicted molar refractivity (Wildman–Crippen MR) is 69.9 cm³/mol. The number of β-amino-alcohol motifs (C(OH)–C–C–N with tert-alkyl or cyclic N) is 2. The van der Waals surface area contributed by atoms with Gasteiger partial charge in [-0.25, -0.2) is 0 Å². The predicted octanol–water partition coefficient (Wildman–Crippen LogP) is 0.326. The number of benzene rings is 1. The summed E-state index contributed by atoms with van der Waals surface area (Å²) in [6.07, 6.45) is -2.37. The number of hydrogen-bond acceptors (Lipinski definition) is 4. The first-order chi connectivity index (χ1) is 8.97. The lowest BCUT2D eigenvalue weighted by Crippen LogP contribution is -2.39. The molecule has 0 aliphatic carbocycles. The number of aryl methyl sites for hydroxylation is 1. The van der Waals surface area contributed by atoms with E-state index in [1.165, 1.54) is 4.90 Å². The molecule has 1 amide bonds. The highest BCUT2D eigenvalue weighted by atomic mass is 16.5. The first-order valence-corrected chi connectivity index (χ1v) is 6.35. The van der Waals surface area contributed by atoms with Crippen molar-refractivity contribution in [3.8, 4) is 5.75 Å². The molecule has 0 aromatic heterocycles. The molecule has 1 aliphatic rings. The molecule has 104 valence electrons. The van der Waals surface area contributed by atoms with Gasteiger partial charge in [-0.1, -0.05) is 17.7 Å². The Hall–Kier alpha value is -1.59. The summed E-state index contributed by atoms with van der Waals surface area (Å²) in [5.74, 6) is 0.405. The van der Waals surface area contributed by atoms with Gasteiger partial charge < -0.3 is 19.8 Å². The fourth-order valence-corrected chi connectivity index (χ4v) is 2.08. The zero-order valence-corrected chi connectivity index (χ0v) is 11.1. The van der Waals surface area contributed by atoms with Gasteiger partial charge in [0.1, 0.15) is 5.75 Å². The second-order valence-electron chi connectivity index (χ2n) is 4.95. The molecule has 5 nitrogen and oxygen atoms in total. The number of likely N-dealkylation sites (tertiary alicyclic amines) is 1. The van der Waals surface area contributed by atoms with Gasteiger partial charge in [-0.2, -0.15) is 0 Å². The van der Waals surface area contributed by atoms with E-state index < -0.39 is 18.3 Å². The van der Waals surface area contributed by atoms with Crippen LogP contribution in [0.25, 0.3) is 0 Å². The molecule has 0 bridgehead atoms. The second-order valence-corrected chi connectivity index (χ2v) is 4.95. The summed E-state index contributed by atoms with van der Waals surface area (Å²) in [5, 5.41) is 18.9. The lowest BCUT2D eigenvalue weighted by molar-refractivity contribution is -0.137. The highest BCUT2D eigenvalue weighted by molar-refractivity contribution is 5.81. The summed E-state index contributed by atoms with van der Waals surface area (Å²) in [7, 11) is 0. The van der Waals surface area contributed by atoms with Crippen LogP contribution < -0.4 is 4.74 Å². The van der Waals surface area contributed by atoms with Gasteiger partial charge >= 0.3 is 0 Å². The molecule has 0 spiro atoms. The van der Waals surface area contributed by atoms with Crippen molar-refractivity contribution in [1.82, 2.24) is 4.90 Å². The van der Waals surface area contributed by atoms with E-state index in [4.69, 9.17) is 4.74 Å². The molecule has 1 saturated heterocycles. The molecule has 0 radical (unpaired) electrons. The Morgan fingerprint density at radius 1 is 1.26 bits per heavy atom. The Morgan fingerprint density at radius 3 is 2.32 bits per heavy atom. The minimum atomic E-state index is -0.865. The van der Waals surface area contributed by atoms with E-state index in [-0.39, 0.29) is 19.0 Å². The van der Waals surface area contributed by atoms with Gasteiger partial charge in [0, 0.05) is 13.1 Å². The first-order valence-electron chi connectivity index (χ1n) is 6.35. The van der Waals surface area contributed by atoms with Crippen LogP contribution in [0.15, 0.2) is 24.3 Å². The molecular weight excluding hydrogens is 246 g/mol. The number of ether oxygens (including phenoxy) is 1. The largest absolute Gasteiger partial charge is 0.481 e. The number of carbonyl (C=O) groups excluding carboxylic acids is 1. The third kappa shape index (κ3) is 3.24. The number of carbonyl (C=O) groups is 1. The molecule has 19 heavy (non-hydrogen) atoms. The minimum Gasteiger partial charge on any atom is -0.481 e. The molecule has 1 heterocycles. The number of rotatable bonds is 3. The Kier molecular flexibility index (Phi) is 4.07. The van der Waals surface area contributed by atoms with Crippen LogP contribution in [0, 0.1) is 6.92 Å². The van der Waals surface area contributed by atoms with Gasteiger partial charge in [0.15, 0.2) is 6.10 Å². The average Bonchev–Trinajstić information content (AvgIpc) is 2.71. The molecule has 3 atom stereocenters. The average molecular weight is 265 g/mol. The number of aliphatic hydroxyl groups is 2. The molecule has 0 saturated carbocycles. The standard InChI is InChI=1S/C14H19NO4/c1-9-3-5-11(6-4-9)19-10(2)14(18)15-7-12(16)13(17)8-15/h3-6,10,12-13,16-17H,7-8H2,1-2H3/t10?,12-,13+. The molecule has 5 heteroatoms. The van der Waals surface area contributed by atoms with E-state index in [1.54, 1.807) is 6.92 Å². The Morgan fingerprint density at radius 2 is 1.79 bits per heavy atom. The molecule has 1 aliphatic heterocycles. The van der Waals surface area contributed by atoms with E-state index >= 15 is 0 Å². The molecule has 2 rings (SSSR count). The maximum atomic E-state index is 12.1. The summed E-state index contributed by atoms with van der Waals surface area (Å²) < 4.78 is 5.56. The number of hydrogen-bond donors (Lipinski definition) is 2. The molecular formula is C14H19NO4. The SMILES string of the molecule is Cc1ccc(OC(C)C(=O)N2C[C@@H](O)[C@@H](O)C2)cc1. The van der Waals surface area contributed by atoms with Crippen LogP contribution in [0.1, 0.15) is 12.5 Å². The van der Waals surface area contributed by atoms with Gasteiger partial charge in [-0.05, 0) is 26.0 Å². The fourth-order valence-electron chi connectivity index (χ4n) is 2.08. The van der Waals surface area contributed by atoms with Crippen LogP contribution in [0.4, 0.5) is 0 Å². The number of amides is 1. The summed E-state index contributed by atoms with van der Waals surface area (Å²) in [6, 6.07) is 7.45. The monoisotopic (exact) mass is 265 g/mol. The Labute approximate surface area is 112 Å². The van der Waals surface area contributed by atoms with Crippen LogP contribution in [-0.4, -0.2) is 52.4 Å². The number of nitrogens with zero attached hydrogens (tertiary/aromatic N) is 1. The normalized spacial score (nSPS) is 24.3. The van der Waals surface area contributed by atoms with Crippen LogP contribution in [0.2, 0.25) is 0 Å². The van der Waals surface area contributed by atoms with Crippen LogP contribution in [0.5, 0.6) is 5.75 Å². The van der Waals surface area contributed by atoms with Gasteiger partial charge in [0.25, 0.3) is 5.91 Å². The van der Waals surface area contributed by atoms with Crippen LogP contribution in [-0.2, 0) is 4.79 Å². The Bertz CT molecular complexity index is 435. The zero-order chi connectivity index (χ0) is 14.0. The van der Waals surface area contributed by atoms with Crippen molar-refractivity contribution in [3.63, 3.8) is 0 Å². The van der Waals surface area contributed by atoms with Gasteiger partial charge in [0.05, 0.1) is 12.2 Å². The van der Waals surface area contributed by atoms with E-state index in [0.717, 1.165) is 5.56 Å². The van der Waals surface area contributed by atoms with Gasteiger partial charge in [-0.15, -0.1) is 0 Å². The van der Waals surface area contributed by atoms with Crippen LogP contribution >= 0.6 is 0 Å². The van der Waals surface area contributed by atoms with Gasteiger partial charge in [-0.3, -0.25) is 4.79 Å².